The summed E-state index contributed by atoms with van der Waals surface area (Å²) in [5.41, 5.74) is 0. The fourth-order valence-electron chi connectivity index (χ4n) is 0.440. The number of carbonyl (C=O) groups is 2. The van der Waals surface area contributed by atoms with E-state index in [-0.39, 0.29) is 63.0 Å². The average molecular weight is 147 g/mol. The van der Waals surface area contributed by atoms with Gasteiger partial charge < -0.3 is 0 Å². The van der Waals surface area contributed by atoms with E-state index in [0.29, 0.717) is 0 Å². The molecule has 0 aromatic heterocycles. The van der Waals surface area contributed by atoms with Gasteiger partial charge in [-0.25, -0.2) is 0 Å². The summed E-state index contributed by atoms with van der Waals surface area (Å²) in [7, 11) is 0. The zero-order chi connectivity index (χ0) is 5.98. The van der Waals surface area contributed by atoms with Gasteiger partial charge in [0.25, 0.3) is 0 Å². The Bertz CT molecular complexity index is 153. The molecule has 1 rings (SSSR count). The van der Waals surface area contributed by atoms with E-state index in [1.54, 1.807) is 0 Å². The summed E-state index contributed by atoms with van der Waals surface area (Å²) < 4.78 is 0. The molecule has 1 aliphatic carbocycles. The Morgan fingerprint density at radius 1 is 0.778 bits per heavy atom. The van der Waals surface area contributed by atoms with E-state index in [2.05, 4.69) is 0 Å². The van der Waals surface area contributed by atoms with Crippen LogP contribution in [0.15, 0.2) is 24.3 Å². The van der Waals surface area contributed by atoms with Gasteiger partial charge >= 0.3 is 0 Å². The van der Waals surface area contributed by atoms with E-state index >= 15 is 0 Å². The largest absolute Gasteiger partial charge is 0.290 e. The van der Waals surface area contributed by atoms with Crippen molar-refractivity contribution in [2.45, 2.75) is 0 Å². The number of ketones is 2. The van der Waals surface area contributed by atoms with Crippen molar-refractivity contribution in [2.24, 2.45) is 0 Å². The van der Waals surface area contributed by atoms with Crippen LogP contribution < -0.4 is 0 Å². The molecule has 0 unspecified atom stereocenters. The van der Waals surface area contributed by atoms with E-state index < -0.39 is 0 Å². The Labute approximate surface area is 95.4 Å². The molecule has 0 bridgehead atoms. The minimum atomic E-state index is -0.121. The van der Waals surface area contributed by atoms with Crippen LogP contribution in [0.1, 0.15) is 0 Å². The maximum absolute atomic E-state index is 10.3. The molecule has 0 N–H and O–H groups in total. The zero-order valence-electron chi connectivity index (χ0n) is 5.13. The maximum atomic E-state index is 10.3. The first-order chi connectivity index (χ1) is 3.79. The summed E-state index contributed by atoms with van der Waals surface area (Å²) >= 11 is 0. The molecule has 0 amide bonds. The van der Waals surface area contributed by atoms with Crippen molar-refractivity contribution in [2.75, 3.05) is 0 Å². The number of allylic oxidation sites excluding steroid dienone is 4. The number of carbonyl (C=O) groups excluding carboxylic acids is 2. The van der Waals surface area contributed by atoms with Gasteiger partial charge in [-0.1, -0.05) is 0 Å². The molecule has 3 heteroatoms. The van der Waals surface area contributed by atoms with Crippen molar-refractivity contribution >= 4 is 63.0 Å². The zero-order valence-corrected chi connectivity index (χ0v) is 8.25. The van der Waals surface area contributed by atoms with Gasteiger partial charge in [0, 0.05) is 51.4 Å². The summed E-state index contributed by atoms with van der Waals surface area (Å²) in [6, 6.07) is 0. The molecule has 0 spiro atoms. The van der Waals surface area contributed by atoms with Gasteiger partial charge in [-0.15, -0.1) is 0 Å². The van der Waals surface area contributed by atoms with E-state index in [0.717, 1.165) is 0 Å². The van der Waals surface area contributed by atoms with Crippen LogP contribution in [-0.2, 0) is 9.59 Å². The molecule has 0 heterocycles. The fourth-order valence-corrected chi connectivity index (χ4v) is 0.440. The Hall–Kier alpha value is 0.456. The molecule has 0 atom stereocenters. The maximum Gasteiger partial charge on any atom is 0.178 e. The fraction of sp³-hybridized carbons (Fsp3) is 0. The van der Waals surface area contributed by atoms with Crippen LogP contribution in [0.5, 0.6) is 0 Å². The van der Waals surface area contributed by atoms with Crippen LogP contribution in [-0.4, -0.2) is 63.0 Å². The van der Waals surface area contributed by atoms with E-state index in [1.165, 1.54) is 24.3 Å². The summed E-state index contributed by atoms with van der Waals surface area (Å²) in [4.78, 5) is 20.6. The monoisotopic (exact) mass is 147 g/mol. The summed E-state index contributed by atoms with van der Waals surface area (Å²) in [6.07, 6.45) is 5.01. The average Bonchev–Trinajstić information content (AvgIpc) is 1.77. The molecule has 0 aromatic rings. The number of hydrogen-bond donors (Lipinski definition) is 0. The van der Waals surface area contributed by atoms with E-state index in [4.69, 9.17) is 0 Å². The summed E-state index contributed by atoms with van der Waals surface area (Å²) in [5, 5.41) is 0. The van der Waals surface area contributed by atoms with Gasteiger partial charge in [0.1, 0.15) is 0 Å². The van der Waals surface area contributed by atoms with Gasteiger partial charge in [-0.2, -0.15) is 0 Å². The third-order valence-corrected chi connectivity index (χ3v) is 0.824. The Balaban J connectivity index is 0.000000640. The summed E-state index contributed by atoms with van der Waals surface area (Å²) in [5.74, 6) is -0.241. The molecule has 0 aromatic carbocycles. The molecule has 1 radical (unpaired) electrons. The van der Waals surface area contributed by atoms with Gasteiger partial charge in [0.2, 0.25) is 0 Å². The number of hydrogen-bond acceptors (Lipinski definition) is 2. The van der Waals surface area contributed by atoms with Crippen molar-refractivity contribution in [3.05, 3.63) is 24.3 Å². The predicted octanol–water partition coefficient (Wildman–Crippen LogP) is -0.130. The van der Waals surface area contributed by atoms with Crippen molar-refractivity contribution < 1.29 is 9.59 Å². The molecular formula is C6H4KO2. The van der Waals surface area contributed by atoms with Crippen LogP contribution in [0.2, 0.25) is 0 Å². The van der Waals surface area contributed by atoms with Crippen molar-refractivity contribution in [1.82, 2.24) is 0 Å². The standard InChI is InChI=1S/C6H4O2.K/c7-5-1-2-6(8)4-3-5;/h1-4H;. The molecule has 2 nitrogen and oxygen atoms in total. The molecular weight excluding hydrogens is 143 g/mol. The van der Waals surface area contributed by atoms with Gasteiger partial charge in [0.15, 0.2) is 11.6 Å². The second-order valence-corrected chi connectivity index (χ2v) is 1.47. The Morgan fingerprint density at radius 2 is 1.00 bits per heavy atom. The smallest absolute Gasteiger partial charge is 0.178 e. The second kappa shape index (κ2) is 4.30. The van der Waals surface area contributed by atoms with Gasteiger partial charge in [-0.05, 0) is 24.3 Å². The number of rotatable bonds is 0. The first kappa shape index (κ1) is 9.46. The molecule has 0 fully saturated rings. The molecule has 9 heavy (non-hydrogen) atoms. The topological polar surface area (TPSA) is 34.1 Å². The van der Waals surface area contributed by atoms with Crippen LogP contribution in [0.3, 0.4) is 0 Å². The van der Waals surface area contributed by atoms with Crippen LogP contribution in [0.25, 0.3) is 0 Å². The predicted molar refractivity (Wildman–Crippen MR) is 34.0 cm³/mol. The van der Waals surface area contributed by atoms with Gasteiger partial charge in [-0.3, -0.25) is 9.59 Å². The first-order valence-corrected chi connectivity index (χ1v) is 2.23. The molecule has 0 aliphatic heterocycles. The molecule has 41 valence electrons. The van der Waals surface area contributed by atoms with Gasteiger partial charge in [0.05, 0.1) is 0 Å². The molecule has 0 saturated heterocycles. The molecule has 1 aliphatic rings. The minimum Gasteiger partial charge on any atom is -0.290 e. The Morgan fingerprint density at radius 3 is 1.22 bits per heavy atom. The first-order valence-electron chi connectivity index (χ1n) is 2.23. The molecule has 0 saturated carbocycles. The SMILES string of the molecule is O=C1C=CC(=O)C=C1.[K]. The minimum absolute atomic E-state index is 0. The summed E-state index contributed by atoms with van der Waals surface area (Å²) in [6.45, 7) is 0. The van der Waals surface area contributed by atoms with Crippen LogP contribution in [0.4, 0.5) is 0 Å². The third-order valence-electron chi connectivity index (χ3n) is 0.824. The van der Waals surface area contributed by atoms with Crippen molar-refractivity contribution in [3.63, 3.8) is 0 Å². The van der Waals surface area contributed by atoms with E-state index in [9.17, 15) is 9.59 Å². The van der Waals surface area contributed by atoms with E-state index in [1.807, 2.05) is 0 Å². The van der Waals surface area contributed by atoms with Crippen molar-refractivity contribution in [1.29, 1.82) is 0 Å². The van der Waals surface area contributed by atoms with Crippen LogP contribution >= 0.6 is 0 Å². The third kappa shape index (κ3) is 3.22. The quantitative estimate of drug-likeness (QED) is 0.353. The van der Waals surface area contributed by atoms with Crippen LogP contribution in [0, 0.1) is 0 Å². The second-order valence-electron chi connectivity index (χ2n) is 1.47. The van der Waals surface area contributed by atoms with Crippen molar-refractivity contribution in [3.8, 4) is 0 Å². The Kier molecular flexibility index (Phi) is 4.52. The normalized spacial score (nSPS) is 15.6.